The van der Waals surface area contributed by atoms with E-state index in [9.17, 15) is 0 Å². The van der Waals surface area contributed by atoms with Crippen LogP contribution in [0, 0.1) is 0 Å². The van der Waals surface area contributed by atoms with Crippen LogP contribution in [0.5, 0.6) is 0 Å². The number of unbranched alkanes of at least 4 members (excludes halogenated alkanes) is 4. The molecular weight excluding hydrogens is 284 g/mol. The maximum Gasteiger partial charge on any atom is 0.155 e. The van der Waals surface area contributed by atoms with E-state index in [1.807, 2.05) is 0 Å². The Hall–Kier alpha value is -0.950. The van der Waals surface area contributed by atoms with Crippen molar-refractivity contribution in [2.45, 2.75) is 63.2 Å². The first-order chi connectivity index (χ1) is 10.9. The van der Waals surface area contributed by atoms with Gasteiger partial charge in [-0.1, -0.05) is 50.8 Å². The average molecular weight is 314 g/mol. The maximum atomic E-state index is 2.45. The van der Waals surface area contributed by atoms with Crippen molar-refractivity contribution >= 4 is 21.7 Å². The molecule has 0 N–H and O–H groups in total. The second-order valence-electron chi connectivity index (χ2n) is 6.62. The van der Waals surface area contributed by atoms with Gasteiger partial charge in [0.2, 0.25) is 0 Å². The highest BCUT2D eigenvalue weighted by molar-refractivity contribution is 7.97. The van der Waals surface area contributed by atoms with Crippen molar-refractivity contribution in [3.05, 3.63) is 42.0 Å². The van der Waals surface area contributed by atoms with Gasteiger partial charge in [-0.25, -0.2) is 0 Å². The summed E-state index contributed by atoms with van der Waals surface area (Å²) in [5, 5.41) is 2.87. The molecule has 1 aliphatic heterocycles. The first kappa shape index (κ1) is 15.9. The summed E-state index contributed by atoms with van der Waals surface area (Å²) in [6.45, 7) is 2.28. The van der Waals surface area contributed by atoms with E-state index in [4.69, 9.17) is 0 Å². The Morgan fingerprint density at radius 2 is 1.55 bits per heavy atom. The van der Waals surface area contributed by atoms with E-state index in [1.165, 1.54) is 79.2 Å². The number of rotatable bonds is 7. The third-order valence-corrected chi connectivity index (χ3v) is 7.29. The van der Waals surface area contributed by atoms with Crippen LogP contribution >= 0.6 is 0 Å². The van der Waals surface area contributed by atoms with Crippen LogP contribution in [0.3, 0.4) is 0 Å². The zero-order valence-corrected chi connectivity index (χ0v) is 14.8. The molecule has 0 spiro atoms. The number of hydrogen-bond donors (Lipinski definition) is 0. The van der Waals surface area contributed by atoms with E-state index >= 15 is 0 Å². The normalized spacial score (nSPS) is 15.7. The lowest BCUT2D eigenvalue weighted by molar-refractivity contribution is 0.632. The van der Waals surface area contributed by atoms with Crippen molar-refractivity contribution in [1.82, 2.24) is 0 Å². The summed E-state index contributed by atoms with van der Waals surface area (Å²) in [5.74, 6) is 2.84. The minimum absolute atomic E-state index is 0.540. The minimum atomic E-state index is 0.540. The summed E-state index contributed by atoms with van der Waals surface area (Å²) in [6.07, 6.45) is 10.9. The first-order valence-electron chi connectivity index (χ1n) is 9.07. The summed E-state index contributed by atoms with van der Waals surface area (Å²) in [7, 11) is 0.540. The Labute approximate surface area is 138 Å². The van der Waals surface area contributed by atoms with Gasteiger partial charge in [0.25, 0.3) is 0 Å². The molecular formula is C21H29S+. The fraction of sp³-hybridized carbons (Fsp3) is 0.524. The highest BCUT2D eigenvalue weighted by atomic mass is 32.2. The summed E-state index contributed by atoms with van der Waals surface area (Å²) >= 11 is 0. The molecule has 2 aromatic carbocycles. The zero-order valence-electron chi connectivity index (χ0n) is 13.9. The molecule has 0 aliphatic carbocycles. The van der Waals surface area contributed by atoms with Crippen molar-refractivity contribution in [1.29, 1.82) is 0 Å². The third-order valence-electron chi connectivity index (χ3n) is 4.81. The van der Waals surface area contributed by atoms with E-state index in [0.29, 0.717) is 10.9 Å². The molecule has 118 valence electrons. The summed E-state index contributed by atoms with van der Waals surface area (Å²) in [5.41, 5.74) is 1.51. The highest BCUT2D eigenvalue weighted by Crippen LogP contribution is 2.27. The molecule has 1 heterocycles. The molecule has 1 aliphatic rings. The quantitative estimate of drug-likeness (QED) is 0.426. The molecule has 1 heteroatoms. The van der Waals surface area contributed by atoms with Gasteiger partial charge >= 0.3 is 0 Å². The number of hydrogen-bond acceptors (Lipinski definition) is 0. The molecule has 0 atom stereocenters. The summed E-state index contributed by atoms with van der Waals surface area (Å²) in [4.78, 5) is 1.59. The van der Waals surface area contributed by atoms with Crippen LogP contribution in [0.4, 0.5) is 0 Å². The van der Waals surface area contributed by atoms with Crippen LogP contribution in [0.25, 0.3) is 10.8 Å². The molecule has 0 amide bonds. The van der Waals surface area contributed by atoms with Crippen molar-refractivity contribution in [3.8, 4) is 0 Å². The average Bonchev–Trinajstić information content (AvgIpc) is 3.08. The molecule has 0 aromatic heterocycles. The molecule has 0 unspecified atom stereocenters. The van der Waals surface area contributed by atoms with Gasteiger partial charge in [0.1, 0.15) is 11.5 Å². The van der Waals surface area contributed by atoms with Crippen LogP contribution < -0.4 is 0 Å². The monoisotopic (exact) mass is 313 g/mol. The van der Waals surface area contributed by atoms with Gasteiger partial charge in [-0.05, 0) is 54.2 Å². The third kappa shape index (κ3) is 4.07. The Morgan fingerprint density at radius 3 is 2.36 bits per heavy atom. The van der Waals surface area contributed by atoms with Crippen LogP contribution in [0.1, 0.15) is 57.4 Å². The van der Waals surface area contributed by atoms with E-state index in [2.05, 4.69) is 43.3 Å². The minimum Gasteiger partial charge on any atom is -0.0654 e. The van der Waals surface area contributed by atoms with Crippen LogP contribution in [0.2, 0.25) is 0 Å². The SMILES string of the molecule is CCCCCCCc1ccc2cc([S+]3CCCC3)ccc2c1. The molecule has 0 nitrogen and oxygen atoms in total. The van der Waals surface area contributed by atoms with E-state index in [0.717, 1.165) is 0 Å². The van der Waals surface area contributed by atoms with Crippen LogP contribution in [-0.2, 0) is 17.3 Å². The largest absolute Gasteiger partial charge is 0.155 e. The number of fused-ring (bicyclic) bond motifs is 1. The highest BCUT2D eigenvalue weighted by Gasteiger charge is 2.26. The molecule has 1 fully saturated rings. The number of aryl methyl sites for hydroxylation is 1. The van der Waals surface area contributed by atoms with Gasteiger partial charge in [-0.2, -0.15) is 0 Å². The Morgan fingerprint density at radius 1 is 0.818 bits per heavy atom. The molecule has 0 bridgehead atoms. The Balaban J connectivity index is 1.64. The Kier molecular flexibility index (Phi) is 5.83. The van der Waals surface area contributed by atoms with Crippen molar-refractivity contribution in [3.63, 3.8) is 0 Å². The van der Waals surface area contributed by atoms with Crippen molar-refractivity contribution in [2.24, 2.45) is 0 Å². The van der Waals surface area contributed by atoms with Crippen molar-refractivity contribution in [2.75, 3.05) is 11.5 Å². The standard InChI is InChI=1S/C21H29S/c1-2-3-4-5-6-9-18-10-11-20-17-21(13-12-19(20)16-18)22-14-7-8-15-22/h10-13,16-17H,2-9,14-15H2,1H3/q+1. The maximum absolute atomic E-state index is 2.45. The van der Waals surface area contributed by atoms with Gasteiger partial charge in [0.05, 0.1) is 0 Å². The first-order valence-corrected chi connectivity index (χ1v) is 10.6. The number of benzene rings is 2. The Bertz CT molecular complexity index is 596. The van der Waals surface area contributed by atoms with E-state index in [-0.39, 0.29) is 0 Å². The molecule has 1 saturated heterocycles. The topological polar surface area (TPSA) is 0 Å². The van der Waals surface area contributed by atoms with Gasteiger partial charge in [-0.15, -0.1) is 0 Å². The predicted octanol–water partition coefficient (Wildman–Crippen LogP) is 6.12. The van der Waals surface area contributed by atoms with Gasteiger partial charge < -0.3 is 0 Å². The lowest BCUT2D eigenvalue weighted by atomic mass is 10.0. The van der Waals surface area contributed by atoms with Crippen LogP contribution in [-0.4, -0.2) is 11.5 Å². The summed E-state index contributed by atoms with van der Waals surface area (Å²) in [6, 6.07) is 14.3. The van der Waals surface area contributed by atoms with E-state index in [1.54, 1.807) is 4.90 Å². The lowest BCUT2D eigenvalue weighted by Gasteiger charge is -2.06. The zero-order chi connectivity index (χ0) is 15.2. The van der Waals surface area contributed by atoms with Gasteiger partial charge in [0.15, 0.2) is 4.90 Å². The molecule has 0 radical (unpaired) electrons. The second kappa shape index (κ2) is 8.06. The van der Waals surface area contributed by atoms with E-state index < -0.39 is 0 Å². The fourth-order valence-electron chi connectivity index (χ4n) is 3.43. The molecule has 22 heavy (non-hydrogen) atoms. The molecule has 0 saturated carbocycles. The van der Waals surface area contributed by atoms with Crippen molar-refractivity contribution < 1.29 is 0 Å². The predicted molar refractivity (Wildman–Crippen MR) is 101 cm³/mol. The molecule has 3 rings (SSSR count). The van der Waals surface area contributed by atoms with Gasteiger partial charge in [-0.3, -0.25) is 0 Å². The van der Waals surface area contributed by atoms with Gasteiger partial charge in [0, 0.05) is 17.0 Å². The fourth-order valence-corrected chi connectivity index (χ4v) is 5.77. The summed E-state index contributed by atoms with van der Waals surface area (Å²) < 4.78 is 0. The van der Waals surface area contributed by atoms with Crippen LogP contribution in [0.15, 0.2) is 41.3 Å². The molecule has 2 aromatic rings. The lowest BCUT2D eigenvalue weighted by Crippen LogP contribution is -2.03. The smallest absolute Gasteiger partial charge is 0.0654 e. The second-order valence-corrected chi connectivity index (χ2v) is 8.89.